The lowest BCUT2D eigenvalue weighted by molar-refractivity contribution is -0.122. The molecule has 0 fully saturated rings. The molecule has 0 heterocycles. The molecule has 1 atom stereocenters. The number of hydrogen-bond acceptors (Lipinski definition) is 2. The number of halogens is 1. The molecule has 0 bridgehead atoms. The van der Waals surface area contributed by atoms with Crippen molar-refractivity contribution in [2.75, 3.05) is 13.1 Å². The van der Waals surface area contributed by atoms with Crippen molar-refractivity contribution in [3.05, 3.63) is 71.5 Å². The van der Waals surface area contributed by atoms with Gasteiger partial charge in [-0.3, -0.25) is 9.69 Å². The van der Waals surface area contributed by atoms with Gasteiger partial charge in [-0.2, -0.15) is 0 Å². The molecule has 122 valence electrons. The standard InChI is InChI=1S/C19H23FN2O/c1-3-22(15(2)17-9-11-18(20)12-10-17)14-19(23)21-13-16-7-5-4-6-8-16/h4-12,15H,3,13-14H2,1-2H3,(H,21,23). The highest BCUT2D eigenvalue weighted by molar-refractivity contribution is 5.78. The molecule has 0 radical (unpaired) electrons. The van der Waals surface area contributed by atoms with Gasteiger partial charge in [0.1, 0.15) is 5.82 Å². The number of carbonyl (C=O) groups excluding carboxylic acids is 1. The lowest BCUT2D eigenvalue weighted by Crippen LogP contribution is -2.38. The van der Waals surface area contributed by atoms with Gasteiger partial charge in [-0.25, -0.2) is 4.39 Å². The van der Waals surface area contributed by atoms with E-state index in [2.05, 4.69) is 10.2 Å². The van der Waals surface area contributed by atoms with E-state index in [0.717, 1.165) is 17.7 Å². The molecular weight excluding hydrogens is 291 g/mol. The third-order valence-corrected chi connectivity index (χ3v) is 3.99. The first-order valence-corrected chi connectivity index (χ1v) is 7.90. The van der Waals surface area contributed by atoms with Gasteiger partial charge in [0.15, 0.2) is 0 Å². The van der Waals surface area contributed by atoms with Gasteiger partial charge in [0.2, 0.25) is 5.91 Å². The highest BCUT2D eigenvalue weighted by atomic mass is 19.1. The molecule has 23 heavy (non-hydrogen) atoms. The van der Waals surface area contributed by atoms with Gasteiger partial charge in [-0.05, 0) is 36.7 Å². The van der Waals surface area contributed by atoms with Crippen LogP contribution in [0.2, 0.25) is 0 Å². The fourth-order valence-electron chi connectivity index (χ4n) is 2.51. The second-order valence-corrected chi connectivity index (χ2v) is 5.55. The number of likely N-dealkylation sites (N-methyl/N-ethyl adjacent to an activating group) is 1. The second kappa shape index (κ2) is 8.44. The molecule has 2 aromatic rings. The Bertz CT molecular complexity index is 613. The Balaban J connectivity index is 1.90. The zero-order valence-corrected chi connectivity index (χ0v) is 13.6. The Morgan fingerprint density at radius 2 is 1.78 bits per heavy atom. The van der Waals surface area contributed by atoms with Crippen LogP contribution in [-0.4, -0.2) is 23.9 Å². The summed E-state index contributed by atoms with van der Waals surface area (Å²) < 4.78 is 13.0. The van der Waals surface area contributed by atoms with E-state index < -0.39 is 0 Å². The molecule has 1 amide bonds. The van der Waals surface area contributed by atoms with Gasteiger partial charge in [0.25, 0.3) is 0 Å². The summed E-state index contributed by atoms with van der Waals surface area (Å²) in [5.41, 5.74) is 2.08. The minimum atomic E-state index is -0.246. The Morgan fingerprint density at radius 3 is 2.39 bits per heavy atom. The minimum absolute atomic E-state index is 0.00957. The molecule has 0 aromatic heterocycles. The summed E-state index contributed by atoms with van der Waals surface area (Å²) in [5, 5.41) is 2.94. The van der Waals surface area contributed by atoms with Crippen LogP contribution in [0.1, 0.15) is 31.0 Å². The van der Waals surface area contributed by atoms with Crippen LogP contribution >= 0.6 is 0 Å². The minimum Gasteiger partial charge on any atom is -0.351 e. The van der Waals surface area contributed by atoms with Crippen molar-refractivity contribution >= 4 is 5.91 Å². The average Bonchev–Trinajstić information content (AvgIpc) is 2.59. The summed E-state index contributed by atoms with van der Waals surface area (Å²) in [4.78, 5) is 14.2. The zero-order valence-electron chi connectivity index (χ0n) is 13.6. The Morgan fingerprint density at radius 1 is 1.13 bits per heavy atom. The number of amides is 1. The van der Waals surface area contributed by atoms with Crippen LogP contribution in [0.25, 0.3) is 0 Å². The summed E-state index contributed by atoms with van der Waals surface area (Å²) in [6.45, 7) is 5.65. The van der Waals surface area contributed by atoms with Crippen molar-refractivity contribution < 1.29 is 9.18 Å². The van der Waals surface area contributed by atoms with Crippen LogP contribution in [-0.2, 0) is 11.3 Å². The maximum absolute atomic E-state index is 13.0. The monoisotopic (exact) mass is 314 g/mol. The van der Waals surface area contributed by atoms with Crippen LogP contribution in [0.5, 0.6) is 0 Å². The summed E-state index contributed by atoms with van der Waals surface area (Å²) in [5.74, 6) is -0.255. The Kier molecular flexibility index (Phi) is 6.29. The third kappa shape index (κ3) is 5.18. The van der Waals surface area contributed by atoms with Crippen LogP contribution in [0, 0.1) is 5.82 Å². The first kappa shape index (κ1) is 17.2. The SMILES string of the molecule is CCN(CC(=O)NCc1ccccc1)C(C)c1ccc(F)cc1. The fraction of sp³-hybridized carbons (Fsp3) is 0.316. The van der Waals surface area contributed by atoms with Gasteiger partial charge in [0.05, 0.1) is 6.54 Å². The molecule has 1 N–H and O–H groups in total. The van der Waals surface area contributed by atoms with E-state index in [4.69, 9.17) is 0 Å². The lowest BCUT2D eigenvalue weighted by atomic mass is 10.1. The van der Waals surface area contributed by atoms with Crippen LogP contribution in [0.4, 0.5) is 4.39 Å². The summed E-state index contributed by atoms with van der Waals surface area (Å²) in [6.07, 6.45) is 0. The van der Waals surface area contributed by atoms with Crippen molar-refractivity contribution in [2.24, 2.45) is 0 Å². The first-order chi connectivity index (χ1) is 11.1. The van der Waals surface area contributed by atoms with E-state index in [9.17, 15) is 9.18 Å². The number of carbonyl (C=O) groups is 1. The molecule has 0 saturated heterocycles. The molecule has 0 saturated carbocycles. The predicted octanol–water partition coefficient (Wildman–Crippen LogP) is 3.53. The average molecular weight is 314 g/mol. The maximum atomic E-state index is 13.0. The third-order valence-electron chi connectivity index (χ3n) is 3.99. The van der Waals surface area contributed by atoms with E-state index in [0.29, 0.717) is 13.1 Å². The number of rotatable bonds is 7. The summed E-state index contributed by atoms with van der Waals surface area (Å²) in [7, 11) is 0. The maximum Gasteiger partial charge on any atom is 0.234 e. The van der Waals surface area contributed by atoms with Gasteiger partial charge in [0, 0.05) is 12.6 Å². The van der Waals surface area contributed by atoms with Crippen molar-refractivity contribution in [3.8, 4) is 0 Å². The highest BCUT2D eigenvalue weighted by Crippen LogP contribution is 2.19. The molecule has 0 aliphatic carbocycles. The van der Waals surface area contributed by atoms with E-state index >= 15 is 0 Å². The quantitative estimate of drug-likeness (QED) is 0.848. The van der Waals surface area contributed by atoms with Crippen molar-refractivity contribution in [1.29, 1.82) is 0 Å². The van der Waals surface area contributed by atoms with Crippen molar-refractivity contribution in [1.82, 2.24) is 10.2 Å². The lowest BCUT2D eigenvalue weighted by Gasteiger charge is -2.27. The number of nitrogens with zero attached hydrogens (tertiary/aromatic N) is 1. The molecule has 3 nitrogen and oxygen atoms in total. The van der Waals surface area contributed by atoms with Crippen LogP contribution in [0.3, 0.4) is 0 Å². The molecule has 0 spiro atoms. The smallest absolute Gasteiger partial charge is 0.234 e. The Labute approximate surface area is 137 Å². The molecule has 2 aromatic carbocycles. The zero-order chi connectivity index (χ0) is 16.7. The van der Waals surface area contributed by atoms with Gasteiger partial charge >= 0.3 is 0 Å². The predicted molar refractivity (Wildman–Crippen MR) is 90.4 cm³/mol. The van der Waals surface area contributed by atoms with Crippen LogP contribution in [0.15, 0.2) is 54.6 Å². The molecule has 2 rings (SSSR count). The molecule has 1 unspecified atom stereocenters. The number of benzene rings is 2. The van der Waals surface area contributed by atoms with E-state index in [-0.39, 0.29) is 17.8 Å². The first-order valence-electron chi connectivity index (χ1n) is 7.90. The van der Waals surface area contributed by atoms with Crippen molar-refractivity contribution in [3.63, 3.8) is 0 Å². The van der Waals surface area contributed by atoms with E-state index in [1.165, 1.54) is 12.1 Å². The topological polar surface area (TPSA) is 32.3 Å². The summed E-state index contributed by atoms with van der Waals surface area (Å²) >= 11 is 0. The second-order valence-electron chi connectivity index (χ2n) is 5.55. The largest absolute Gasteiger partial charge is 0.351 e. The van der Waals surface area contributed by atoms with E-state index in [1.807, 2.05) is 44.2 Å². The van der Waals surface area contributed by atoms with Crippen molar-refractivity contribution in [2.45, 2.75) is 26.4 Å². The highest BCUT2D eigenvalue weighted by Gasteiger charge is 2.17. The van der Waals surface area contributed by atoms with Crippen LogP contribution < -0.4 is 5.32 Å². The number of hydrogen-bond donors (Lipinski definition) is 1. The number of nitrogens with one attached hydrogen (secondary N) is 1. The normalized spacial score (nSPS) is 12.2. The van der Waals surface area contributed by atoms with Gasteiger partial charge in [-0.15, -0.1) is 0 Å². The van der Waals surface area contributed by atoms with E-state index in [1.54, 1.807) is 12.1 Å². The Hall–Kier alpha value is -2.20. The van der Waals surface area contributed by atoms with Gasteiger partial charge in [-0.1, -0.05) is 49.4 Å². The molecule has 0 aliphatic heterocycles. The molecule has 4 heteroatoms. The molecule has 0 aliphatic rings. The van der Waals surface area contributed by atoms with Gasteiger partial charge < -0.3 is 5.32 Å². The summed E-state index contributed by atoms with van der Waals surface area (Å²) in [6, 6.07) is 16.3. The fourth-order valence-corrected chi connectivity index (χ4v) is 2.51. The molecular formula is C19H23FN2O.